The van der Waals surface area contributed by atoms with Crippen molar-refractivity contribution in [1.29, 1.82) is 0 Å². The first-order chi connectivity index (χ1) is 15.2. The van der Waals surface area contributed by atoms with Crippen LogP contribution in [0.3, 0.4) is 0 Å². The van der Waals surface area contributed by atoms with Gasteiger partial charge in [-0.25, -0.2) is 9.99 Å². The third-order valence-corrected chi connectivity index (χ3v) is 7.80. The van der Waals surface area contributed by atoms with Crippen LogP contribution in [0.25, 0.3) is 0 Å². The van der Waals surface area contributed by atoms with Crippen molar-refractivity contribution in [3.63, 3.8) is 0 Å². The van der Waals surface area contributed by atoms with Crippen LogP contribution in [-0.4, -0.2) is 17.8 Å². The Labute approximate surface area is 192 Å². The number of hydrazone groups is 1. The third kappa shape index (κ3) is 4.16. The number of thiophene rings is 2. The Kier molecular flexibility index (Phi) is 5.63. The molecular formula is C22H19N5OS3. The average molecular weight is 466 g/mol. The van der Waals surface area contributed by atoms with E-state index in [1.54, 1.807) is 29.8 Å². The molecule has 5 rings (SSSR count). The fourth-order valence-corrected chi connectivity index (χ4v) is 5.72. The Morgan fingerprint density at radius 1 is 1.03 bits per heavy atom. The second kappa shape index (κ2) is 8.70. The standard InChI is InChI=1S/C22H19N5OS3/c1-14-21(25-24-15-7-9-16(28-2)10-8-15)31-22(23-14)27-18(20-6-4-12-30-20)13-17(26-27)19-5-3-11-29-19/h3-12,18H,13H2,1-2H3. The van der Waals surface area contributed by atoms with E-state index in [2.05, 4.69) is 45.3 Å². The van der Waals surface area contributed by atoms with Crippen molar-refractivity contribution in [3.8, 4) is 5.75 Å². The Hall–Kier alpha value is -2.88. The summed E-state index contributed by atoms with van der Waals surface area (Å²) in [6.45, 7) is 1.96. The molecular weight excluding hydrogens is 446 g/mol. The van der Waals surface area contributed by atoms with E-state index in [9.17, 15) is 0 Å². The summed E-state index contributed by atoms with van der Waals surface area (Å²) in [5, 5.41) is 21.6. The van der Waals surface area contributed by atoms with Crippen LogP contribution >= 0.6 is 34.0 Å². The van der Waals surface area contributed by atoms with Gasteiger partial charge in [-0.3, -0.25) is 0 Å². The number of methoxy groups -OCH3 is 1. The van der Waals surface area contributed by atoms with Crippen molar-refractivity contribution in [3.05, 3.63) is 74.7 Å². The molecule has 4 heterocycles. The average Bonchev–Trinajstić information content (AvgIpc) is 3.59. The molecule has 1 aromatic carbocycles. The van der Waals surface area contributed by atoms with Gasteiger partial charge < -0.3 is 4.74 Å². The van der Waals surface area contributed by atoms with Gasteiger partial charge in [-0.1, -0.05) is 23.5 Å². The van der Waals surface area contributed by atoms with Crippen molar-refractivity contribution in [2.24, 2.45) is 15.3 Å². The van der Waals surface area contributed by atoms with Gasteiger partial charge in [-0.05, 0) is 54.1 Å². The summed E-state index contributed by atoms with van der Waals surface area (Å²) in [6, 6.07) is 16.1. The number of ether oxygens (including phenoxy) is 1. The summed E-state index contributed by atoms with van der Waals surface area (Å²) in [4.78, 5) is 7.27. The largest absolute Gasteiger partial charge is 0.497 e. The van der Waals surface area contributed by atoms with E-state index < -0.39 is 0 Å². The zero-order valence-corrected chi connectivity index (χ0v) is 19.4. The Morgan fingerprint density at radius 3 is 2.55 bits per heavy atom. The van der Waals surface area contributed by atoms with Crippen LogP contribution in [-0.2, 0) is 0 Å². The van der Waals surface area contributed by atoms with Gasteiger partial charge in [-0.15, -0.1) is 32.9 Å². The molecule has 0 fully saturated rings. The topological polar surface area (TPSA) is 62.4 Å². The zero-order chi connectivity index (χ0) is 21.2. The lowest BCUT2D eigenvalue weighted by Crippen LogP contribution is -2.17. The molecule has 3 aromatic heterocycles. The van der Waals surface area contributed by atoms with Crippen LogP contribution in [0.1, 0.15) is 27.9 Å². The number of nitrogens with zero attached hydrogens (tertiary/aromatic N) is 5. The molecule has 0 aliphatic carbocycles. The lowest BCUT2D eigenvalue weighted by Gasteiger charge is -2.19. The quantitative estimate of drug-likeness (QED) is 0.280. The molecule has 1 atom stereocenters. The van der Waals surface area contributed by atoms with Gasteiger partial charge in [0.1, 0.15) is 5.75 Å². The highest BCUT2D eigenvalue weighted by Crippen LogP contribution is 2.43. The van der Waals surface area contributed by atoms with Crippen molar-refractivity contribution in [2.75, 3.05) is 12.1 Å². The second-order valence-corrected chi connectivity index (χ2v) is 9.77. The molecule has 1 aliphatic rings. The van der Waals surface area contributed by atoms with Crippen LogP contribution in [0, 0.1) is 6.92 Å². The van der Waals surface area contributed by atoms with E-state index in [0.717, 1.165) is 39.4 Å². The molecule has 4 aromatic rings. The number of thiazole rings is 1. The van der Waals surface area contributed by atoms with E-state index in [4.69, 9.17) is 14.8 Å². The van der Waals surface area contributed by atoms with Crippen molar-refractivity contribution in [1.82, 2.24) is 4.98 Å². The normalized spacial score (nSPS) is 16.3. The predicted octanol–water partition coefficient (Wildman–Crippen LogP) is 7.35. The molecule has 0 saturated heterocycles. The van der Waals surface area contributed by atoms with E-state index in [1.807, 2.05) is 36.2 Å². The number of rotatable bonds is 6. The van der Waals surface area contributed by atoms with E-state index in [0.29, 0.717) is 0 Å². The fourth-order valence-electron chi connectivity index (χ4n) is 3.30. The molecule has 156 valence electrons. The van der Waals surface area contributed by atoms with Gasteiger partial charge in [0.15, 0.2) is 5.00 Å². The molecule has 0 saturated carbocycles. The maximum absolute atomic E-state index is 5.19. The fraction of sp³-hybridized carbons (Fsp3) is 0.182. The monoisotopic (exact) mass is 465 g/mol. The first kappa shape index (κ1) is 20.0. The highest BCUT2D eigenvalue weighted by molar-refractivity contribution is 7.19. The van der Waals surface area contributed by atoms with Crippen LogP contribution in [0.5, 0.6) is 5.75 Å². The number of aromatic nitrogens is 1. The number of hydrogen-bond donors (Lipinski definition) is 0. The minimum absolute atomic E-state index is 0.147. The van der Waals surface area contributed by atoms with Gasteiger partial charge in [0.2, 0.25) is 5.13 Å². The van der Waals surface area contributed by atoms with E-state index >= 15 is 0 Å². The predicted molar refractivity (Wildman–Crippen MR) is 129 cm³/mol. The Bertz CT molecular complexity index is 1210. The molecule has 9 heteroatoms. The molecule has 6 nitrogen and oxygen atoms in total. The lowest BCUT2D eigenvalue weighted by molar-refractivity contribution is 0.415. The summed E-state index contributed by atoms with van der Waals surface area (Å²) in [5.74, 6) is 0.795. The number of anilines is 1. The minimum Gasteiger partial charge on any atom is -0.497 e. The molecule has 1 unspecified atom stereocenters. The summed E-state index contributed by atoms with van der Waals surface area (Å²) in [6.07, 6.45) is 0.863. The highest BCUT2D eigenvalue weighted by Gasteiger charge is 2.33. The van der Waals surface area contributed by atoms with E-state index in [-0.39, 0.29) is 6.04 Å². The summed E-state index contributed by atoms with van der Waals surface area (Å²) in [7, 11) is 1.65. The van der Waals surface area contributed by atoms with Crippen LogP contribution in [0.4, 0.5) is 15.8 Å². The molecule has 31 heavy (non-hydrogen) atoms. The van der Waals surface area contributed by atoms with Gasteiger partial charge in [-0.2, -0.15) is 5.10 Å². The van der Waals surface area contributed by atoms with Crippen LogP contribution < -0.4 is 9.75 Å². The maximum Gasteiger partial charge on any atom is 0.208 e. The van der Waals surface area contributed by atoms with E-state index in [1.165, 1.54) is 21.1 Å². The Balaban J connectivity index is 1.44. The number of azo groups is 1. The van der Waals surface area contributed by atoms with Crippen LogP contribution in [0.15, 0.2) is 74.6 Å². The molecule has 0 N–H and O–H groups in total. The summed E-state index contributed by atoms with van der Waals surface area (Å²) < 4.78 is 5.19. The number of benzene rings is 1. The third-order valence-electron chi connectivity index (χ3n) is 4.87. The van der Waals surface area contributed by atoms with Crippen molar-refractivity contribution < 1.29 is 4.74 Å². The number of hydrogen-bond acceptors (Lipinski definition) is 9. The van der Waals surface area contributed by atoms with Gasteiger partial charge in [0.25, 0.3) is 0 Å². The van der Waals surface area contributed by atoms with Crippen molar-refractivity contribution in [2.45, 2.75) is 19.4 Å². The Morgan fingerprint density at radius 2 is 1.84 bits per heavy atom. The minimum atomic E-state index is 0.147. The van der Waals surface area contributed by atoms with Crippen molar-refractivity contribution >= 4 is 55.5 Å². The first-order valence-electron chi connectivity index (χ1n) is 9.68. The molecule has 0 radical (unpaired) electrons. The molecule has 1 aliphatic heterocycles. The molecule has 0 bridgehead atoms. The van der Waals surface area contributed by atoms with Gasteiger partial charge in [0.05, 0.1) is 35.1 Å². The lowest BCUT2D eigenvalue weighted by atomic mass is 10.1. The van der Waals surface area contributed by atoms with Crippen LogP contribution in [0.2, 0.25) is 0 Å². The summed E-state index contributed by atoms with van der Waals surface area (Å²) in [5.41, 5.74) is 2.72. The highest BCUT2D eigenvalue weighted by atomic mass is 32.1. The van der Waals surface area contributed by atoms with Gasteiger partial charge in [0, 0.05) is 11.3 Å². The summed E-state index contributed by atoms with van der Waals surface area (Å²) >= 11 is 4.99. The maximum atomic E-state index is 5.19. The SMILES string of the molecule is COc1ccc(N=Nc2sc(N3N=C(c4cccs4)CC3c3cccs3)nc2C)cc1. The molecule has 0 spiro atoms. The smallest absolute Gasteiger partial charge is 0.208 e. The first-order valence-corrected chi connectivity index (χ1v) is 12.3. The molecule has 0 amide bonds. The van der Waals surface area contributed by atoms with Gasteiger partial charge >= 0.3 is 0 Å². The number of aryl methyl sites for hydroxylation is 1. The zero-order valence-electron chi connectivity index (χ0n) is 16.9. The second-order valence-electron chi connectivity index (χ2n) is 6.89.